The third-order valence-corrected chi connectivity index (χ3v) is 12.0. The molecule has 0 radical (unpaired) electrons. The first-order chi connectivity index (χ1) is 18.6. The first-order valence-corrected chi connectivity index (χ1v) is 16.5. The van der Waals surface area contributed by atoms with E-state index in [1.165, 1.54) is 51.4 Å². The van der Waals surface area contributed by atoms with Gasteiger partial charge in [0.15, 0.2) is 0 Å². The molecule has 0 aromatic carbocycles. The highest BCUT2D eigenvalue weighted by atomic mass is 16.1. The molecule has 4 N–H and O–H groups in total. The summed E-state index contributed by atoms with van der Waals surface area (Å²) < 4.78 is 0. The van der Waals surface area contributed by atoms with Crippen molar-refractivity contribution in [2.75, 3.05) is 33.2 Å². The van der Waals surface area contributed by atoms with Crippen molar-refractivity contribution in [2.45, 2.75) is 123 Å². The predicted octanol–water partition coefficient (Wildman–Crippen LogP) is 5.15. The Morgan fingerprint density at radius 3 is 2.49 bits per heavy atom. The number of rotatable bonds is 13. The van der Waals surface area contributed by atoms with E-state index < -0.39 is 0 Å². The van der Waals surface area contributed by atoms with Crippen LogP contribution in [-0.2, 0) is 9.59 Å². The van der Waals surface area contributed by atoms with Crippen molar-refractivity contribution in [1.82, 2.24) is 15.5 Å². The van der Waals surface area contributed by atoms with E-state index in [1.807, 2.05) is 13.8 Å². The van der Waals surface area contributed by atoms with Crippen molar-refractivity contribution in [3.63, 3.8) is 0 Å². The fourth-order valence-electron chi connectivity index (χ4n) is 9.73. The van der Waals surface area contributed by atoms with Crippen LogP contribution in [0, 0.1) is 40.4 Å². The Labute approximate surface area is 239 Å². The monoisotopic (exact) mass is 544 g/mol. The molecule has 1 amide bonds. The number of nitrogens with zero attached hydrogens (tertiary/aromatic N) is 1. The summed E-state index contributed by atoms with van der Waals surface area (Å²) in [4.78, 5) is 28.4. The first-order valence-electron chi connectivity index (χ1n) is 16.5. The Bertz CT molecular complexity index is 833. The molecule has 4 aliphatic rings. The molecule has 224 valence electrons. The average Bonchev–Trinajstić information content (AvgIpc) is 3.21. The minimum Gasteiger partial charge on any atom is -0.354 e. The summed E-state index contributed by atoms with van der Waals surface area (Å²) in [6.07, 6.45) is 14.5. The molecule has 0 aliphatic heterocycles. The predicted molar refractivity (Wildman–Crippen MR) is 160 cm³/mol. The number of hydrogen-bond donors (Lipinski definition) is 3. The first kappa shape index (κ1) is 31.0. The maximum atomic E-state index is 13.9. The van der Waals surface area contributed by atoms with E-state index >= 15 is 0 Å². The quantitative estimate of drug-likeness (QED) is 0.279. The molecule has 0 spiro atoms. The molecule has 6 nitrogen and oxygen atoms in total. The van der Waals surface area contributed by atoms with Gasteiger partial charge in [-0.25, -0.2) is 0 Å². The van der Waals surface area contributed by atoms with Gasteiger partial charge in [0.25, 0.3) is 0 Å². The van der Waals surface area contributed by atoms with Gasteiger partial charge >= 0.3 is 0 Å². The molecule has 0 aromatic rings. The highest BCUT2D eigenvalue weighted by molar-refractivity contribution is 5.83. The number of carbonyl (C=O) groups is 2. The molecule has 4 rings (SSSR count). The van der Waals surface area contributed by atoms with Gasteiger partial charge < -0.3 is 21.3 Å². The fourth-order valence-corrected chi connectivity index (χ4v) is 9.73. The molecule has 4 fully saturated rings. The van der Waals surface area contributed by atoms with E-state index in [-0.39, 0.29) is 23.3 Å². The van der Waals surface area contributed by atoms with E-state index in [2.05, 4.69) is 36.4 Å². The number of Topliss-reactive ketones (excluding diaryl/α,β-unsaturated/α-hetero) is 1. The molecule has 4 unspecified atom stereocenters. The van der Waals surface area contributed by atoms with Gasteiger partial charge in [0.1, 0.15) is 5.78 Å². The Balaban J connectivity index is 1.30. The Morgan fingerprint density at radius 2 is 1.74 bits per heavy atom. The molecule has 4 saturated carbocycles. The SMILES string of the molecule is CC(C)NC(=O)CCC[C@H]1CCC2C3C(=O)CC4C[C@@H](NCCCN(C)CCCN)CC[C@]4(C)C3CC[C@@]21C. The largest absolute Gasteiger partial charge is 0.354 e. The van der Waals surface area contributed by atoms with Crippen LogP contribution in [0.3, 0.4) is 0 Å². The molecule has 0 saturated heterocycles. The van der Waals surface area contributed by atoms with Gasteiger partial charge in [-0.2, -0.15) is 0 Å². The zero-order valence-corrected chi connectivity index (χ0v) is 25.9. The van der Waals surface area contributed by atoms with Crippen LogP contribution in [0.25, 0.3) is 0 Å². The van der Waals surface area contributed by atoms with Crippen LogP contribution in [0.1, 0.15) is 111 Å². The second-order valence-corrected chi connectivity index (χ2v) is 14.8. The summed E-state index contributed by atoms with van der Waals surface area (Å²) in [7, 11) is 2.19. The smallest absolute Gasteiger partial charge is 0.220 e. The number of hydrogen-bond acceptors (Lipinski definition) is 5. The molecule has 4 aliphatic carbocycles. The molecule has 0 bridgehead atoms. The zero-order valence-electron chi connectivity index (χ0n) is 25.9. The van der Waals surface area contributed by atoms with Crippen LogP contribution in [-0.4, -0.2) is 61.9 Å². The molecular formula is C33H60N4O2. The minimum atomic E-state index is 0.190. The summed E-state index contributed by atoms with van der Waals surface area (Å²) in [5.74, 6) is 3.42. The van der Waals surface area contributed by atoms with Crippen molar-refractivity contribution in [3.8, 4) is 0 Å². The van der Waals surface area contributed by atoms with Gasteiger partial charge in [0, 0.05) is 30.8 Å². The van der Waals surface area contributed by atoms with Crippen LogP contribution >= 0.6 is 0 Å². The topological polar surface area (TPSA) is 87.5 Å². The third-order valence-electron chi connectivity index (χ3n) is 12.0. The lowest BCUT2D eigenvalue weighted by Gasteiger charge is -2.60. The normalized spacial score (nSPS) is 38.0. The van der Waals surface area contributed by atoms with Crippen LogP contribution < -0.4 is 16.4 Å². The molecular weight excluding hydrogens is 484 g/mol. The summed E-state index contributed by atoms with van der Waals surface area (Å²) in [6.45, 7) is 13.2. The van der Waals surface area contributed by atoms with Crippen molar-refractivity contribution in [3.05, 3.63) is 0 Å². The maximum Gasteiger partial charge on any atom is 0.220 e. The van der Waals surface area contributed by atoms with Crippen molar-refractivity contribution < 1.29 is 9.59 Å². The molecule has 8 atom stereocenters. The van der Waals surface area contributed by atoms with Crippen LogP contribution in [0.4, 0.5) is 0 Å². The van der Waals surface area contributed by atoms with Gasteiger partial charge in [0.2, 0.25) is 5.91 Å². The molecule has 39 heavy (non-hydrogen) atoms. The number of carbonyl (C=O) groups excluding carboxylic acids is 2. The van der Waals surface area contributed by atoms with E-state index in [0.29, 0.717) is 47.3 Å². The van der Waals surface area contributed by atoms with E-state index in [4.69, 9.17) is 5.73 Å². The maximum absolute atomic E-state index is 13.9. The lowest BCUT2D eigenvalue weighted by molar-refractivity contribution is -0.156. The van der Waals surface area contributed by atoms with Crippen molar-refractivity contribution in [2.24, 2.45) is 46.2 Å². The van der Waals surface area contributed by atoms with E-state index in [1.54, 1.807) is 0 Å². The number of fused-ring (bicyclic) bond motifs is 5. The van der Waals surface area contributed by atoms with Gasteiger partial charge in [-0.3, -0.25) is 9.59 Å². The second-order valence-electron chi connectivity index (χ2n) is 14.8. The number of nitrogens with one attached hydrogen (secondary N) is 2. The fraction of sp³-hybridized carbons (Fsp3) is 0.939. The molecule has 6 heteroatoms. The van der Waals surface area contributed by atoms with Crippen molar-refractivity contribution >= 4 is 11.7 Å². The summed E-state index contributed by atoms with van der Waals surface area (Å²) in [5.41, 5.74) is 6.25. The van der Waals surface area contributed by atoms with Gasteiger partial charge in [-0.1, -0.05) is 13.8 Å². The Morgan fingerprint density at radius 1 is 1.03 bits per heavy atom. The highest BCUT2D eigenvalue weighted by Gasteiger charge is 2.62. The highest BCUT2D eigenvalue weighted by Crippen LogP contribution is 2.67. The Hall–Kier alpha value is -0.980. The molecule has 0 aromatic heterocycles. The van der Waals surface area contributed by atoms with E-state index in [9.17, 15) is 9.59 Å². The van der Waals surface area contributed by atoms with Crippen LogP contribution in [0.15, 0.2) is 0 Å². The van der Waals surface area contributed by atoms with Gasteiger partial charge in [-0.15, -0.1) is 0 Å². The lowest BCUT2D eigenvalue weighted by Crippen LogP contribution is -2.58. The Kier molecular flexibility index (Phi) is 10.6. The van der Waals surface area contributed by atoms with E-state index in [0.717, 1.165) is 51.9 Å². The minimum absolute atomic E-state index is 0.190. The van der Waals surface area contributed by atoms with Crippen molar-refractivity contribution in [1.29, 1.82) is 0 Å². The van der Waals surface area contributed by atoms with Crippen LogP contribution in [0.5, 0.6) is 0 Å². The number of ketones is 1. The number of nitrogens with two attached hydrogens (primary N) is 1. The lowest BCUT2D eigenvalue weighted by atomic mass is 9.44. The summed E-state index contributed by atoms with van der Waals surface area (Å²) in [6, 6.07) is 0.785. The third kappa shape index (κ3) is 6.92. The number of amides is 1. The second kappa shape index (κ2) is 13.3. The average molecular weight is 545 g/mol. The van der Waals surface area contributed by atoms with Gasteiger partial charge in [-0.05, 0) is 152 Å². The zero-order chi connectivity index (χ0) is 28.2. The molecule has 0 heterocycles. The summed E-state index contributed by atoms with van der Waals surface area (Å²) >= 11 is 0. The van der Waals surface area contributed by atoms with Gasteiger partial charge in [0.05, 0.1) is 0 Å². The summed E-state index contributed by atoms with van der Waals surface area (Å²) in [5, 5.41) is 6.91. The van der Waals surface area contributed by atoms with Crippen LogP contribution in [0.2, 0.25) is 0 Å². The standard InChI is InChI=1S/C33H60N4O2/c1-23(2)36-30(39)10-6-9-24-11-12-27-31-28(14-16-32(24,27)3)33(4)15-13-26(21-25(33)22-29(31)38)35-18-8-20-37(5)19-7-17-34/h23-28,31,35H,6-22,34H2,1-5H3,(H,36,39)/t24-,25?,26-,27?,28?,31?,32+,33-/m0/s1.